The minimum Gasteiger partial charge on any atom is -0.359 e. The first-order valence-electron chi connectivity index (χ1n) is 4.42. The molecule has 3 nitrogen and oxygen atoms in total. The van der Waals surface area contributed by atoms with Gasteiger partial charge in [-0.1, -0.05) is 13.3 Å². The zero-order valence-electron chi connectivity index (χ0n) is 8.00. The van der Waals surface area contributed by atoms with E-state index in [0.29, 0.717) is 0 Å². The maximum Gasteiger partial charge on any atom is 0.146 e. The molecular formula is C9H14BrN3. The quantitative estimate of drug-likeness (QED) is 0.814. The molecule has 0 aliphatic heterocycles. The Kier molecular flexibility index (Phi) is 4.15. The lowest BCUT2D eigenvalue weighted by Gasteiger charge is -2.18. The maximum atomic E-state index is 4.20. The SMILES string of the molecule is CCCCN(C)c1ncncc1Br. The van der Waals surface area contributed by atoms with Crippen molar-refractivity contribution in [1.82, 2.24) is 9.97 Å². The molecule has 0 bridgehead atoms. The van der Waals surface area contributed by atoms with Crippen LogP contribution in [0.25, 0.3) is 0 Å². The molecule has 0 fully saturated rings. The molecule has 0 aliphatic carbocycles. The second-order valence-electron chi connectivity index (χ2n) is 2.97. The third-order valence-corrected chi connectivity index (χ3v) is 2.42. The fourth-order valence-corrected chi connectivity index (χ4v) is 1.61. The normalized spacial score (nSPS) is 10.1. The molecule has 1 aromatic rings. The van der Waals surface area contributed by atoms with Gasteiger partial charge in [-0.2, -0.15) is 0 Å². The van der Waals surface area contributed by atoms with E-state index in [2.05, 4.69) is 37.7 Å². The van der Waals surface area contributed by atoms with E-state index < -0.39 is 0 Å². The number of anilines is 1. The van der Waals surface area contributed by atoms with Gasteiger partial charge in [0.25, 0.3) is 0 Å². The van der Waals surface area contributed by atoms with Crippen LogP contribution in [0.4, 0.5) is 5.82 Å². The molecule has 0 aromatic carbocycles. The second kappa shape index (κ2) is 5.17. The van der Waals surface area contributed by atoms with Gasteiger partial charge in [0.15, 0.2) is 0 Å². The van der Waals surface area contributed by atoms with Crippen LogP contribution in [-0.4, -0.2) is 23.6 Å². The van der Waals surface area contributed by atoms with Gasteiger partial charge >= 0.3 is 0 Å². The maximum absolute atomic E-state index is 4.20. The summed E-state index contributed by atoms with van der Waals surface area (Å²) >= 11 is 3.42. The smallest absolute Gasteiger partial charge is 0.146 e. The molecule has 4 heteroatoms. The molecule has 0 amide bonds. The minimum atomic E-state index is 0.952. The van der Waals surface area contributed by atoms with Crippen molar-refractivity contribution in [3.05, 3.63) is 17.0 Å². The first-order chi connectivity index (χ1) is 6.25. The zero-order valence-corrected chi connectivity index (χ0v) is 9.58. The molecule has 0 aliphatic rings. The van der Waals surface area contributed by atoms with E-state index in [-0.39, 0.29) is 0 Å². The largest absolute Gasteiger partial charge is 0.359 e. The zero-order chi connectivity index (χ0) is 9.68. The van der Waals surface area contributed by atoms with Crippen LogP contribution >= 0.6 is 15.9 Å². The van der Waals surface area contributed by atoms with Crippen molar-refractivity contribution in [2.24, 2.45) is 0 Å². The summed E-state index contributed by atoms with van der Waals surface area (Å²) in [5.41, 5.74) is 0. The van der Waals surface area contributed by atoms with Crippen molar-refractivity contribution in [3.63, 3.8) is 0 Å². The summed E-state index contributed by atoms with van der Waals surface area (Å²) in [4.78, 5) is 10.3. The molecule has 72 valence electrons. The van der Waals surface area contributed by atoms with Gasteiger partial charge in [0, 0.05) is 19.8 Å². The van der Waals surface area contributed by atoms with Crippen LogP contribution in [0.3, 0.4) is 0 Å². The average Bonchev–Trinajstić information content (AvgIpc) is 2.15. The summed E-state index contributed by atoms with van der Waals surface area (Å²) in [6.45, 7) is 3.22. The molecule has 0 spiro atoms. The summed E-state index contributed by atoms with van der Waals surface area (Å²) in [6.07, 6.45) is 5.73. The van der Waals surface area contributed by atoms with E-state index in [9.17, 15) is 0 Å². The lowest BCUT2D eigenvalue weighted by Crippen LogP contribution is -2.19. The summed E-state index contributed by atoms with van der Waals surface area (Å²) in [7, 11) is 2.04. The van der Waals surface area contributed by atoms with Crippen LogP contribution in [0.2, 0.25) is 0 Å². The summed E-state index contributed by atoms with van der Waals surface area (Å²) in [5.74, 6) is 0.962. The second-order valence-corrected chi connectivity index (χ2v) is 3.82. The third-order valence-electron chi connectivity index (χ3n) is 1.86. The van der Waals surface area contributed by atoms with E-state index in [1.807, 2.05) is 7.05 Å². The molecule has 1 rings (SSSR count). The highest BCUT2D eigenvalue weighted by Gasteiger charge is 2.05. The van der Waals surface area contributed by atoms with E-state index in [1.54, 1.807) is 12.5 Å². The molecular weight excluding hydrogens is 230 g/mol. The Morgan fingerprint density at radius 3 is 2.92 bits per heavy atom. The molecule has 0 radical (unpaired) electrons. The predicted molar refractivity (Wildman–Crippen MR) is 57.9 cm³/mol. The Hall–Kier alpha value is -0.640. The first kappa shape index (κ1) is 10.4. The van der Waals surface area contributed by atoms with Crippen molar-refractivity contribution in [1.29, 1.82) is 0 Å². The van der Waals surface area contributed by atoms with Crippen LogP contribution in [0, 0.1) is 0 Å². The number of hydrogen-bond donors (Lipinski definition) is 0. The Morgan fingerprint density at radius 1 is 1.54 bits per heavy atom. The number of rotatable bonds is 4. The molecule has 0 saturated carbocycles. The standard InChI is InChI=1S/C9H14BrN3/c1-3-4-5-13(2)9-8(10)6-11-7-12-9/h6-7H,3-5H2,1-2H3. The van der Waals surface area contributed by atoms with Gasteiger partial charge in [-0.3, -0.25) is 0 Å². The molecule has 1 heterocycles. The Labute approximate surface area is 87.3 Å². The number of nitrogens with zero attached hydrogens (tertiary/aromatic N) is 3. The monoisotopic (exact) mass is 243 g/mol. The predicted octanol–water partition coefficient (Wildman–Crippen LogP) is 2.48. The first-order valence-corrected chi connectivity index (χ1v) is 5.21. The van der Waals surface area contributed by atoms with Gasteiger partial charge in [0.1, 0.15) is 12.1 Å². The number of aromatic nitrogens is 2. The van der Waals surface area contributed by atoms with Crippen molar-refractivity contribution >= 4 is 21.7 Å². The lowest BCUT2D eigenvalue weighted by atomic mass is 10.3. The van der Waals surface area contributed by atoms with Crippen LogP contribution in [-0.2, 0) is 0 Å². The highest BCUT2D eigenvalue weighted by Crippen LogP contribution is 2.20. The van der Waals surface area contributed by atoms with Crippen molar-refractivity contribution in [3.8, 4) is 0 Å². The molecule has 0 atom stereocenters. The number of halogens is 1. The van der Waals surface area contributed by atoms with Crippen LogP contribution in [0.5, 0.6) is 0 Å². The molecule has 0 unspecified atom stereocenters. The van der Waals surface area contributed by atoms with Gasteiger partial charge < -0.3 is 4.90 Å². The van der Waals surface area contributed by atoms with Crippen molar-refractivity contribution in [2.45, 2.75) is 19.8 Å². The van der Waals surface area contributed by atoms with Crippen molar-refractivity contribution in [2.75, 3.05) is 18.5 Å². The molecule has 1 aromatic heterocycles. The van der Waals surface area contributed by atoms with Gasteiger partial charge in [-0.05, 0) is 22.4 Å². The lowest BCUT2D eigenvalue weighted by molar-refractivity contribution is 0.757. The van der Waals surface area contributed by atoms with E-state index in [4.69, 9.17) is 0 Å². The van der Waals surface area contributed by atoms with E-state index in [0.717, 1.165) is 16.8 Å². The summed E-state index contributed by atoms with van der Waals surface area (Å²) in [6, 6.07) is 0. The molecule has 13 heavy (non-hydrogen) atoms. The van der Waals surface area contributed by atoms with Crippen LogP contribution < -0.4 is 4.90 Å². The Morgan fingerprint density at radius 2 is 2.31 bits per heavy atom. The Balaban J connectivity index is 2.65. The van der Waals surface area contributed by atoms with Gasteiger partial charge in [-0.15, -0.1) is 0 Å². The van der Waals surface area contributed by atoms with E-state index in [1.165, 1.54) is 12.8 Å². The highest BCUT2D eigenvalue weighted by molar-refractivity contribution is 9.10. The third kappa shape index (κ3) is 2.95. The Bertz CT molecular complexity index is 265. The topological polar surface area (TPSA) is 29.0 Å². The van der Waals surface area contributed by atoms with Gasteiger partial charge in [-0.25, -0.2) is 9.97 Å². The van der Waals surface area contributed by atoms with Crippen LogP contribution in [0.15, 0.2) is 17.0 Å². The molecule has 0 N–H and O–H groups in total. The summed E-state index contributed by atoms with van der Waals surface area (Å²) < 4.78 is 0.952. The summed E-state index contributed by atoms with van der Waals surface area (Å²) in [5, 5.41) is 0. The van der Waals surface area contributed by atoms with E-state index >= 15 is 0 Å². The number of unbranched alkanes of at least 4 members (excludes halogenated alkanes) is 1. The number of hydrogen-bond acceptors (Lipinski definition) is 3. The van der Waals surface area contributed by atoms with Crippen molar-refractivity contribution < 1.29 is 0 Å². The van der Waals surface area contributed by atoms with Gasteiger partial charge in [0.05, 0.1) is 4.47 Å². The fraction of sp³-hybridized carbons (Fsp3) is 0.556. The van der Waals surface area contributed by atoms with Crippen LogP contribution in [0.1, 0.15) is 19.8 Å². The highest BCUT2D eigenvalue weighted by atomic mass is 79.9. The molecule has 0 saturated heterocycles. The minimum absolute atomic E-state index is 0.952. The van der Waals surface area contributed by atoms with Gasteiger partial charge in [0.2, 0.25) is 0 Å². The fourth-order valence-electron chi connectivity index (χ4n) is 1.09. The average molecular weight is 244 g/mol.